The summed E-state index contributed by atoms with van der Waals surface area (Å²) in [7, 11) is 0. The largest absolute Gasteiger partial charge is 0.452 e. The molecule has 2 aromatic carbocycles. The Morgan fingerprint density at radius 3 is 2.68 bits per heavy atom. The summed E-state index contributed by atoms with van der Waals surface area (Å²) in [5.74, 6) is 0.828. The standard InChI is InChI=1S/C24H19BrFN5O2S/c1-14-20(22(32)28-16-8-3-2-4-9-16)21(18-11-12-19(25)33-18)31-23(27-14)29-24(30-31)34-13-15-7-5-6-10-17(15)26/h2-12,21H,13H2,1H3,(H,28,32)(H,27,29,30). The molecule has 3 heterocycles. The predicted octanol–water partition coefficient (Wildman–Crippen LogP) is 5.99. The molecule has 0 bridgehead atoms. The second-order valence-electron chi connectivity index (χ2n) is 7.57. The lowest BCUT2D eigenvalue weighted by Crippen LogP contribution is -2.31. The van der Waals surface area contributed by atoms with Crippen LogP contribution in [0.15, 0.2) is 92.2 Å². The number of anilines is 2. The number of thioether (sulfide) groups is 1. The summed E-state index contributed by atoms with van der Waals surface area (Å²) in [6.45, 7) is 1.81. The topological polar surface area (TPSA) is 85.0 Å². The Kier molecular flexibility index (Phi) is 6.25. The number of benzene rings is 2. The predicted molar refractivity (Wildman–Crippen MR) is 132 cm³/mol. The number of nitrogens with one attached hydrogen (secondary N) is 2. The van der Waals surface area contributed by atoms with Crippen LogP contribution in [0.25, 0.3) is 0 Å². The highest BCUT2D eigenvalue weighted by Crippen LogP contribution is 2.38. The van der Waals surface area contributed by atoms with E-state index < -0.39 is 6.04 Å². The van der Waals surface area contributed by atoms with E-state index in [2.05, 4.69) is 36.6 Å². The van der Waals surface area contributed by atoms with E-state index in [0.29, 0.717) is 49.8 Å². The third kappa shape index (κ3) is 4.51. The quantitative estimate of drug-likeness (QED) is 0.292. The van der Waals surface area contributed by atoms with Crippen molar-refractivity contribution < 1.29 is 13.6 Å². The summed E-state index contributed by atoms with van der Waals surface area (Å²) >= 11 is 4.66. The number of amides is 1. The first kappa shape index (κ1) is 22.4. The number of halogens is 2. The molecule has 1 atom stereocenters. The van der Waals surface area contributed by atoms with E-state index >= 15 is 0 Å². The minimum Gasteiger partial charge on any atom is -0.452 e. The number of aromatic nitrogens is 3. The molecule has 7 nitrogen and oxygen atoms in total. The summed E-state index contributed by atoms with van der Waals surface area (Å²) in [5, 5.41) is 11.2. The van der Waals surface area contributed by atoms with Crippen molar-refractivity contribution in [3.63, 3.8) is 0 Å². The van der Waals surface area contributed by atoms with Crippen LogP contribution in [-0.2, 0) is 10.5 Å². The number of fused-ring (bicyclic) bond motifs is 1. The van der Waals surface area contributed by atoms with Gasteiger partial charge < -0.3 is 15.1 Å². The molecule has 4 aromatic rings. The fourth-order valence-electron chi connectivity index (χ4n) is 3.70. The van der Waals surface area contributed by atoms with Gasteiger partial charge in [-0.25, -0.2) is 9.07 Å². The summed E-state index contributed by atoms with van der Waals surface area (Å²) in [6, 6.07) is 18.8. The normalized spacial score (nSPS) is 15.1. The molecular weight excluding hydrogens is 521 g/mol. The number of rotatable bonds is 6. The second-order valence-corrected chi connectivity index (χ2v) is 9.29. The number of nitrogens with zero attached hydrogens (tertiary/aromatic N) is 3. The van der Waals surface area contributed by atoms with Gasteiger partial charge in [-0.3, -0.25) is 4.79 Å². The highest BCUT2D eigenvalue weighted by atomic mass is 79.9. The Bertz CT molecular complexity index is 1390. The maximum Gasteiger partial charge on any atom is 0.256 e. The van der Waals surface area contributed by atoms with Crippen LogP contribution in [0.4, 0.5) is 16.0 Å². The van der Waals surface area contributed by atoms with Gasteiger partial charge in [0.2, 0.25) is 11.1 Å². The van der Waals surface area contributed by atoms with Gasteiger partial charge in [0.05, 0.1) is 5.57 Å². The lowest BCUT2D eigenvalue weighted by Gasteiger charge is -2.27. The molecule has 1 aliphatic heterocycles. The number of para-hydroxylation sites is 1. The highest BCUT2D eigenvalue weighted by Gasteiger charge is 2.36. The molecule has 5 rings (SSSR count). The Hall–Kier alpha value is -3.37. The minimum atomic E-state index is -0.637. The number of hydrogen-bond donors (Lipinski definition) is 2. The van der Waals surface area contributed by atoms with Crippen LogP contribution >= 0.6 is 27.7 Å². The molecule has 2 aromatic heterocycles. The molecule has 10 heteroatoms. The fraction of sp³-hybridized carbons (Fsp3) is 0.125. The Labute approximate surface area is 207 Å². The molecule has 0 fully saturated rings. The molecule has 0 saturated heterocycles. The minimum absolute atomic E-state index is 0.271. The van der Waals surface area contributed by atoms with Gasteiger partial charge in [-0.05, 0) is 58.7 Å². The van der Waals surface area contributed by atoms with Crippen LogP contribution in [0.3, 0.4) is 0 Å². The number of carbonyl (C=O) groups is 1. The number of furan rings is 1. The fourth-order valence-corrected chi connectivity index (χ4v) is 4.84. The van der Waals surface area contributed by atoms with Crippen molar-refractivity contribution in [2.45, 2.75) is 23.9 Å². The summed E-state index contributed by atoms with van der Waals surface area (Å²) < 4.78 is 22.0. The van der Waals surface area contributed by atoms with Crippen LogP contribution in [-0.4, -0.2) is 20.7 Å². The van der Waals surface area contributed by atoms with E-state index in [1.54, 1.807) is 35.0 Å². The molecule has 1 aliphatic rings. The number of hydrogen-bond acceptors (Lipinski definition) is 6. The zero-order chi connectivity index (χ0) is 23.7. The van der Waals surface area contributed by atoms with Gasteiger partial charge in [0.15, 0.2) is 4.67 Å². The average molecular weight is 540 g/mol. The van der Waals surface area contributed by atoms with Crippen molar-refractivity contribution >= 4 is 45.2 Å². The zero-order valence-corrected chi connectivity index (χ0v) is 20.4. The summed E-state index contributed by atoms with van der Waals surface area (Å²) in [5.41, 5.74) is 2.33. The molecule has 0 spiro atoms. The van der Waals surface area contributed by atoms with Crippen molar-refractivity contribution in [3.8, 4) is 0 Å². The van der Waals surface area contributed by atoms with Crippen LogP contribution in [0.5, 0.6) is 0 Å². The van der Waals surface area contributed by atoms with Crippen molar-refractivity contribution in [2.24, 2.45) is 0 Å². The molecule has 0 radical (unpaired) electrons. The van der Waals surface area contributed by atoms with Gasteiger partial charge in [0.1, 0.15) is 17.6 Å². The van der Waals surface area contributed by atoms with Gasteiger partial charge in [-0.1, -0.05) is 48.2 Å². The lowest BCUT2D eigenvalue weighted by molar-refractivity contribution is -0.113. The van der Waals surface area contributed by atoms with Gasteiger partial charge in [0.25, 0.3) is 5.91 Å². The Morgan fingerprint density at radius 2 is 1.94 bits per heavy atom. The van der Waals surface area contributed by atoms with Gasteiger partial charge in [0, 0.05) is 17.1 Å². The third-order valence-corrected chi connectivity index (χ3v) is 6.60. The lowest BCUT2D eigenvalue weighted by atomic mass is 10.00. The molecule has 0 aliphatic carbocycles. The third-order valence-electron chi connectivity index (χ3n) is 5.29. The molecule has 34 heavy (non-hydrogen) atoms. The van der Waals surface area contributed by atoms with E-state index in [0.717, 1.165) is 0 Å². The van der Waals surface area contributed by atoms with Crippen LogP contribution in [0.1, 0.15) is 24.3 Å². The smallest absolute Gasteiger partial charge is 0.256 e. The van der Waals surface area contributed by atoms with Crippen molar-refractivity contribution in [1.29, 1.82) is 0 Å². The van der Waals surface area contributed by atoms with E-state index in [9.17, 15) is 9.18 Å². The SMILES string of the molecule is CC1=C(C(=O)Nc2ccccc2)C(c2ccc(Br)o2)n2nc(SCc3ccccc3F)nc2N1. The maximum atomic E-state index is 14.0. The van der Waals surface area contributed by atoms with Crippen LogP contribution in [0.2, 0.25) is 0 Å². The average Bonchev–Trinajstić information content (AvgIpc) is 3.43. The Balaban J connectivity index is 1.48. The van der Waals surface area contributed by atoms with Crippen molar-refractivity contribution in [1.82, 2.24) is 14.8 Å². The van der Waals surface area contributed by atoms with Gasteiger partial charge >= 0.3 is 0 Å². The van der Waals surface area contributed by atoms with Crippen molar-refractivity contribution in [2.75, 3.05) is 10.6 Å². The van der Waals surface area contributed by atoms with Gasteiger partial charge in [-0.2, -0.15) is 4.98 Å². The van der Waals surface area contributed by atoms with E-state index in [1.807, 2.05) is 37.3 Å². The first-order valence-electron chi connectivity index (χ1n) is 10.4. The van der Waals surface area contributed by atoms with Crippen LogP contribution < -0.4 is 10.6 Å². The number of carbonyl (C=O) groups excluding carboxylic acids is 1. The van der Waals surface area contributed by atoms with E-state index in [-0.39, 0.29) is 11.7 Å². The molecule has 2 N–H and O–H groups in total. The Morgan fingerprint density at radius 1 is 1.18 bits per heavy atom. The summed E-state index contributed by atoms with van der Waals surface area (Å²) in [6.07, 6.45) is 0. The summed E-state index contributed by atoms with van der Waals surface area (Å²) in [4.78, 5) is 17.9. The molecule has 172 valence electrons. The number of allylic oxidation sites excluding steroid dienone is 1. The zero-order valence-electron chi connectivity index (χ0n) is 18.0. The molecule has 0 saturated carbocycles. The first-order valence-corrected chi connectivity index (χ1v) is 12.2. The monoisotopic (exact) mass is 539 g/mol. The van der Waals surface area contributed by atoms with Gasteiger partial charge in [-0.15, -0.1) is 5.10 Å². The first-order chi connectivity index (χ1) is 16.5. The van der Waals surface area contributed by atoms with E-state index in [4.69, 9.17) is 4.42 Å². The second kappa shape index (κ2) is 9.47. The highest BCUT2D eigenvalue weighted by molar-refractivity contribution is 9.10. The van der Waals surface area contributed by atoms with E-state index in [1.165, 1.54) is 17.8 Å². The van der Waals surface area contributed by atoms with Crippen molar-refractivity contribution in [3.05, 3.63) is 99.8 Å². The maximum absolute atomic E-state index is 14.0. The molecular formula is C24H19BrFN5O2S. The molecule has 1 unspecified atom stereocenters. The van der Waals surface area contributed by atoms with Crippen LogP contribution in [0, 0.1) is 5.82 Å². The molecule has 1 amide bonds.